The second-order valence-electron chi connectivity index (χ2n) is 4.18. The van der Waals surface area contributed by atoms with Gasteiger partial charge in [0.05, 0.1) is 33.0 Å². The van der Waals surface area contributed by atoms with E-state index in [0.717, 1.165) is 6.08 Å². The number of ether oxygens (including phenoxy) is 3. The Balaban J connectivity index is 2.34. The van der Waals surface area contributed by atoms with Crippen LogP contribution < -0.4 is 0 Å². The number of carboxylic acids is 1. The summed E-state index contributed by atoms with van der Waals surface area (Å²) in [5, 5.41) is 8.50. The molecule has 6 heteroatoms. The van der Waals surface area contributed by atoms with Gasteiger partial charge in [0.15, 0.2) is 0 Å². The smallest absolute Gasteiger partial charge is 0.328 e. The van der Waals surface area contributed by atoms with E-state index in [1.807, 2.05) is 0 Å². The molecule has 1 rings (SSSR count). The third kappa shape index (κ3) is 7.55. The number of carbonyl (C=O) groups is 1. The number of benzene rings is 1. The summed E-state index contributed by atoms with van der Waals surface area (Å²) in [6, 6.07) is 4.48. The van der Waals surface area contributed by atoms with Crippen LogP contribution in [0.2, 0.25) is 0 Å². The summed E-state index contributed by atoms with van der Waals surface area (Å²) in [5.74, 6) is -1.50. The van der Waals surface area contributed by atoms with Gasteiger partial charge in [-0.25, -0.2) is 9.18 Å². The van der Waals surface area contributed by atoms with E-state index in [0.29, 0.717) is 37.6 Å². The molecule has 0 aromatic heterocycles. The maximum Gasteiger partial charge on any atom is 0.328 e. The first-order valence-electron chi connectivity index (χ1n) is 6.47. The van der Waals surface area contributed by atoms with Gasteiger partial charge in [-0.3, -0.25) is 0 Å². The molecule has 116 valence electrons. The fourth-order valence-corrected chi connectivity index (χ4v) is 1.50. The lowest BCUT2D eigenvalue weighted by molar-refractivity contribution is -0.131. The van der Waals surface area contributed by atoms with E-state index in [4.69, 9.17) is 19.3 Å². The lowest BCUT2D eigenvalue weighted by Gasteiger charge is -2.07. The van der Waals surface area contributed by atoms with Crippen molar-refractivity contribution in [3.63, 3.8) is 0 Å². The van der Waals surface area contributed by atoms with E-state index in [-0.39, 0.29) is 6.61 Å². The number of aliphatic carboxylic acids is 1. The third-order valence-corrected chi connectivity index (χ3v) is 2.56. The molecule has 1 N–H and O–H groups in total. The SMILES string of the molecule is COCCOCCOCc1ccc(/C=C/C(=O)O)cc1F. The summed E-state index contributed by atoms with van der Waals surface area (Å²) < 4.78 is 29.1. The zero-order valence-corrected chi connectivity index (χ0v) is 11.9. The van der Waals surface area contributed by atoms with Crippen LogP contribution in [0.1, 0.15) is 11.1 Å². The second kappa shape index (κ2) is 10.0. The molecule has 0 aliphatic carbocycles. The number of carboxylic acid groups (broad SMARTS) is 1. The van der Waals surface area contributed by atoms with Gasteiger partial charge >= 0.3 is 5.97 Å². The van der Waals surface area contributed by atoms with Gasteiger partial charge in [0, 0.05) is 18.7 Å². The van der Waals surface area contributed by atoms with Gasteiger partial charge in [-0.2, -0.15) is 0 Å². The minimum atomic E-state index is -1.07. The van der Waals surface area contributed by atoms with E-state index in [9.17, 15) is 9.18 Å². The lowest BCUT2D eigenvalue weighted by atomic mass is 10.1. The second-order valence-corrected chi connectivity index (χ2v) is 4.18. The summed E-state index contributed by atoms with van der Waals surface area (Å²) in [4.78, 5) is 10.4. The predicted octanol–water partition coefficient (Wildman–Crippen LogP) is 2.10. The number of hydrogen-bond donors (Lipinski definition) is 1. The first-order valence-corrected chi connectivity index (χ1v) is 6.47. The molecule has 21 heavy (non-hydrogen) atoms. The molecule has 0 saturated heterocycles. The molecule has 1 aromatic rings. The Morgan fingerprint density at radius 2 is 1.95 bits per heavy atom. The largest absolute Gasteiger partial charge is 0.478 e. The molecular weight excluding hydrogens is 279 g/mol. The van der Waals surface area contributed by atoms with Crippen LogP contribution in [0.3, 0.4) is 0 Å². The summed E-state index contributed by atoms with van der Waals surface area (Å²) in [6.45, 7) is 1.95. The van der Waals surface area contributed by atoms with Crippen LogP contribution >= 0.6 is 0 Å². The van der Waals surface area contributed by atoms with E-state index in [1.165, 1.54) is 12.1 Å². The highest BCUT2D eigenvalue weighted by Crippen LogP contribution is 2.13. The van der Waals surface area contributed by atoms with Gasteiger partial charge in [0.2, 0.25) is 0 Å². The summed E-state index contributed by atoms with van der Waals surface area (Å²) in [6.07, 6.45) is 2.29. The van der Waals surface area contributed by atoms with E-state index >= 15 is 0 Å². The van der Waals surface area contributed by atoms with Gasteiger partial charge in [-0.05, 0) is 17.7 Å². The molecule has 0 aliphatic heterocycles. The molecule has 1 aromatic carbocycles. The predicted molar refractivity (Wildman–Crippen MR) is 75.4 cm³/mol. The van der Waals surface area contributed by atoms with Crippen molar-refractivity contribution in [1.82, 2.24) is 0 Å². The van der Waals surface area contributed by atoms with Crippen molar-refractivity contribution in [3.8, 4) is 0 Å². The zero-order valence-electron chi connectivity index (χ0n) is 11.9. The summed E-state index contributed by atoms with van der Waals surface area (Å²) in [7, 11) is 1.60. The molecule has 0 amide bonds. The molecule has 0 heterocycles. The highest BCUT2D eigenvalue weighted by atomic mass is 19.1. The Kier molecular flexibility index (Phi) is 8.27. The minimum Gasteiger partial charge on any atom is -0.478 e. The minimum absolute atomic E-state index is 0.141. The Morgan fingerprint density at radius 1 is 1.24 bits per heavy atom. The van der Waals surface area contributed by atoms with Crippen molar-refractivity contribution >= 4 is 12.0 Å². The van der Waals surface area contributed by atoms with Gasteiger partial charge in [-0.15, -0.1) is 0 Å². The molecule has 0 bridgehead atoms. The first kappa shape index (κ1) is 17.3. The number of methoxy groups -OCH3 is 1. The molecule has 0 saturated carbocycles. The van der Waals surface area contributed by atoms with Crippen molar-refractivity contribution in [2.45, 2.75) is 6.61 Å². The van der Waals surface area contributed by atoms with Gasteiger partial charge < -0.3 is 19.3 Å². The van der Waals surface area contributed by atoms with Crippen LogP contribution in [0, 0.1) is 5.82 Å². The summed E-state index contributed by atoms with van der Waals surface area (Å²) in [5.41, 5.74) is 0.904. The highest BCUT2D eigenvalue weighted by Gasteiger charge is 2.03. The Labute approximate surface area is 122 Å². The van der Waals surface area contributed by atoms with Crippen LogP contribution in [0.25, 0.3) is 6.08 Å². The lowest BCUT2D eigenvalue weighted by Crippen LogP contribution is -2.08. The average Bonchev–Trinajstić information content (AvgIpc) is 2.46. The molecule has 0 unspecified atom stereocenters. The Morgan fingerprint density at radius 3 is 2.62 bits per heavy atom. The van der Waals surface area contributed by atoms with Crippen LogP contribution in [-0.2, 0) is 25.6 Å². The standard InChI is InChI=1S/C15H19FO5/c1-19-6-7-20-8-9-21-11-13-4-2-12(10-14(13)16)3-5-15(17)18/h2-5,10H,6-9,11H2,1H3,(H,17,18)/b5-3+. The number of rotatable bonds is 10. The van der Waals surface area contributed by atoms with Crippen molar-refractivity contribution < 1.29 is 28.5 Å². The molecule has 5 nitrogen and oxygen atoms in total. The molecule has 0 spiro atoms. The quantitative estimate of drug-likeness (QED) is 0.529. The molecule has 0 fully saturated rings. The maximum absolute atomic E-state index is 13.7. The molecule has 0 atom stereocenters. The van der Waals surface area contributed by atoms with E-state index in [2.05, 4.69) is 0 Å². The van der Waals surface area contributed by atoms with Crippen molar-refractivity contribution in [3.05, 3.63) is 41.2 Å². The Bertz CT molecular complexity index is 473. The van der Waals surface area contributed by atoms with E-state index in [1.54, 1.807) is 19.2 Å². The van der Waals surface area contributed by atoms with Crippen LogP contribution in [-0.4, -0.2) is 44.6 Å². The highest BCUT2D eigenvalue weighted by molar-refractivity contribution is 5.85. The topological polar surface area (TPSA) is 65.0 Å². The van der Waals surface area contributed by atoms with E-state index < -0.39 is 11.8 Å². The first-order chi connectivity index (χ1) is 10.1. The van der Waals surface area contributed by atoms with Crippen LogP contribution in [0.15, 0.2) is 24.3 Å². The maximum atomic E-state index is 13.7. The molecule has 0 radical (unpaired) electrons. The van der Waals surface area contributed by atoms with Gasteiger partial charge in [0.25, 0.3) is 0 Å². The fourth-order valence-electron chi connectivity index (χ4n) is 1.50. The molecule has 0 aliphatic rings. The molecular formula is C15H19FO5. The van der Waals surface area contributed by atoms with Crippen molar-refractivity contribution in [1.29, 1.82) is 0 Å². The zero-order chi connectivity index (χ0) is 15.5. The van der Waals surface area contributed by atoms with Crippen LogP contribution in [0.4, 0.5) is 4.39 Å². The van der Waals surface area contributed by atoms with Crippen molar-refractivity contribution in [2.24, 2.45) is 0 Å². The monoisotopic (exact) mass is 298 g/mol. The number of hydrogen-bond acceptors (Lipinski definition) is 4. The van der Waals surface area contributed by atoms with Crippen molar-refractivity contribution in [2.75, 3.05) is 33.5 Å². The van der Waals surface area contributed by atoms with Crippen LogP contribution in [0.5, 0.6) is 0 Å². The average molecular weight is 298 g/mol. The van der Waals surface area contributed by atoms with Gasteiger partial charge in [0.1, 0.15) is 5.82 Å². The fraction of sp³-hybridized carbons (Fsp3) is 0.400. The van der Waals surface area contributed by atoms with Gasteiger partial charge in [-0.1, -0.05) is 12.1 Å². The normalized spacial score (nSPS) is 11.1. The number of halogens is 1. The Hall–Kier alpha value is -1.76. The summed E-state index contributed by atoms with van der Waals surface area (Å²) >= 11 is 0. The third-order valence-electron chi connectivity index (χ3n) is 2.56.